The minimum Gasteiger partial charge on any atom is -0.390 e. The van der Waals surface area contributed by atoms with E-state index in [0.717, 1.165) is 32.1 Å². The monoisotopic (exact) mass is 239 g/mol. The molecule has 0 aromatic heterocycles. The van der Waals surface area contributed by atoms with Crippen molar-refractivity contribution in [3.05, 3.63) is 10.1 Å². The van der Waals surface area contributed by atoms with E-state index in [1.54, 1.807) is 6.92 Å². The number of hydrogen-bond acceptors (Lipinski definition) is 3. The average Bonchev–Trinajstić information content (AvgIpc) is 2.11. The first-order chi connectivity index (χ1) is 7.90. The molecule has 0 radical (unpaired) electrons. The van der Waals surface area contributed by atoms with Crippen LogP contribution in [0.3, 0.4) is 0 Å². The molecule has 0 spiro atoms. The maximum Gasteiger partial charge on any atom is 0.210 e. The van der Waals surface area contributed by atoms with Crippen LogP contribution in [0.5, 0.6) is 0 Å². The highest BCUT2D eigenvalue weighted by Crippen LogP contribution is 2.63. The van der Waals surface area contributed by atoms with E-state index in [9.17, 15) is 15.2 Å². The summed E-state index contributed by atoms with van der Waals surface area (Å²) >= 11 is 0. The van der Waals surface area contributed by atoms with Gasteiger partial charge in [-0.2, -0.15) is 0 Å². The van der Waals surface area contributed by atoms with Gasteiger partial charge < -0.3 is 5.11 Å². The van der Waals surface area contributed by atoms with Crippen molar-refractivity contribution in [3.8, 4) is 0 Å². The number of aliphatic hydroxyl groups is 1. The van der Waals surface area contributed by atoms with Crippen LogP contribution < -0.4 is 0 Å². The Morgan fingerprint density at radius 1 is 1.35 bits per heavy atom. The summed E-state index contributed by atoms with van der Waals surface area (Å²) in [5.41, 5.74) is -0.411. The van der Waals surface area contributed by atoms with Crippen LogP contribution in [0.4, 0.5) is 0 Å². The molecule has 4 fully saturated rings. The lowest BCUT2D eigenvalue weighted by Crippen LogP contribution is -2.56. The minimum atomic E-state index is -0.486. The zero-order valence-electron chi connectivity index (χ0n) is 10.4. The highest BCUT2D eigenvalue weighted by Gasteiger charge is 2.57. The van der Waals surface area contributed by atoms with Crippen LogP contribution in [0, 0.1) is 27.4 Å². The van der Waals surface area contributed by atoms with Crippen LogP contribution in [0.15, 0.2) is 0 Å². The van der Waals surface area contributed by atoms with Gasteiger partial charge in [0.25, 0.3) is 0 Å². The molecule has 3 atom stereocenters. The summed E-state index contributed by atoms with van der Waals surface area (Å²) < 4.78 is 0. The van der Waals surface area contributed by atoms with Crippen molar-refractivity contribution in [3.63, 3.8) is 0 Å². The fraction of sp³-hybridized carbons (Fsp3) is 1.00. The van der Waals surface area contributed by atoms with Crippen molar-refractivity contribution in [2.45, 2.75) is 63.5 Å². The van der Waals surface area contributed by atoms with Gasteiger partial charge in [-0.25, -0.2) is 0 Å². The Hall–Kier alpha value is -0.640. The quantitative estimate of drug-likeness (QED) is 0.607. The molecule has 0 heterocycles. The van der Waals surface area contributed by atoms with Crippen molar-refractivity contribution in [2.75, 3.05) is 0 Å². The maximum absolute atomic E-state index is 10.8. The SMILES string of the molecule is CC(CC12CC3CC(CC(O)(C3)C1)C2)[N+](=O)[O-]. The molecular weight excluding hydrogens is 218 g/mol. The lowest BCUT2D eigenvalue weighted by molar-refractivity contribution is -0.523. The molecule has 96 valence electrons. The van der Waals surface area contributed by atoms with E-state index in [4.69, 9.17) is 0 Å². The number of nitro groups is 1. The van der Waals surface area contributed by atoms with Gasteiger partial charge in [-0.15, -0.1) is 0 Å². The van der Waals surface area contributed by atoms with E-state index in [-0.39, 0.29) is 10.3 Å². The Morgan fingerprint density at radius 3 is 2.41 bits per heavy atom. The Labute approximate surface area is 102 Å². The summed E-state index contributed by atoms with van der Waals surface area (Å²) in [6.45, 7) is 1.71. The van der Waals surface area contributed by atoms with Gasteiger partial charge in [0.1, 0.15) is 0 Å². The van der Waals surface area contributed by atoms with Gasteiger partial charge in [0.15, 0.2) is 0 Å². The highest BCUT2D eigenvalue weighted by atomic mass is 16.6. The van der Waals surface area contributed by atoms with Gasteiger partial charge >= 0.3 is 0 Å². The highest BCUT2D eigenvalue weighted by molar-refractivity contribution is 5.08. The van der Waals surface area contributed by atoms with Crippen LogP contribution in [-0.2, 0) is 0 Å². The normalized spacial score (nSPS) is 49.3. The van der Waals surface area contributed by atoms with E-state index in [2.05, 4.69) is 0 Å². The molecule has 1 N–H and O–H groups in total. The first-order valence-electron chi connectivity index (χ1n) is 6.76. The summed E-state index contributed by atoms with van der Waals surface area (Å²) in [7, 11) is 0. The third kappa shape index (κ3) is 1.86. The van der Waals surface area contributed by atoms with Crippen molar-refractivity contribution >= 4 is 0 Å². The molecule has 0 amide bonds. The molecule has 4 bridgehead atoms. The van der Waals surface area contributed by atoms with Crippen molar-refractivity contribution in [2.24, 2.45) is 17.3 Å². The summed E-state index contributed by atoms with van der Waals surface area (Å²) in [6, 6.07) is -0.463. The smallest absolute Gasteiger partial charge is 0.210 e. The van der Waals surface area contributed by atoms with Crippen molar-refractivity contribution < 1.29 is 10.0 Å². The molecule has 0 aliphatic heterocycles. The third-order valence-corrected chi connectivity index (χ3v) is 5.24. The van der Waals surface area contributed by atoms with Gasteiger partial charge in [-0.05, 0) is 55.8 Å². The molecule has 17 heavy (non-hydrogen) atoms. The molecule has 0 saturated heterocycles. The molecule has 4 aliphatic carbocycles. The molecule has 3 unspecified atom stereocenters. The van der Waals surface area contributed by atoms with E-state index >= 15 is 0 Å². The van der Waals surface area contributed by atoms with Crippen LogP contribution in [0.25, 0.3) is 0 Å². The van der Waals surface area contributed by atoms with E-state index in [1.807, 2.05) is 0 Å². The van der Waals surface area contributed by atoms with Crippen LogP contribution >= 0.6 is 0 Å². The van der Waals surface area contributed by atoms with Crippen molar-refractivity contribution in [1.29, 1.82) is 0 Å². The van der Waals surface area contributed by atoms with Crippen LogP contribution in [0.1, 0.15) is 51.9 Å². The molecule has 4 saturated carbocycles. The molecule has 4 rings (SSSR count). The summed E-state index contributed by atoms with van der Waals surface area (Å²) in [5, 5.41) is 21.4. The van der Waals surface area contributed by atoms with Gasteiger partial charge in [-0.3, -0.25) is 10.1 Å². The topological polar surface area (TPSA) is 63.4 Å². The second-order valence-corrected chi connectivity index (χ2v) is 7.02. The van der Waals surface area contributed by atoms with Gasteiger partial charge in [0, 0.05) is 18.3 Å². The fourth-order valence-electron chi connectivity index (χ4n) is 5.34. The fourth-order valence-corrected chi connectivity index (χ4v) is 5.34. The number of nitrogens with zero attached hydrogens (tertiary/aromatic N) is 1. The van der Waals surface area contributed by atoms with E-state index in [0.29, 0.717) is 18.3 Å². The van der Waals surface area contributed by atoms with Crippen LogP contribution in [0.2, 0.25) is 0 Å². The Bertz CT molecular complexity index is 341. The van der Waals surface area contributed by atoms with E-state index in [1.165, 1.54) is 6.42 Å². The summed E-state index contributed by atoms with van der Waals surface area (Å²) in [6.07, 6.45) is 6.83. The number of hydrogen-bond donors (Lipinski definition) is 1. The van der Waals surface area contributed by atoms with E-state index < -0.39 is 11.6 Å². The van der Waals surface area contributed by atoms with Gasteiger partial charge in [-0.1, -0.05) is 0 Å². The standard InChI is InChI=1S/C13H21NO3/c1-9(14(16)17)3-12-4-10-2-11(5-12)7-13(15,6-10)8-12/h9-11,15H,2-8H2,1H3. The minimum absolute atomic E-state index is 0.0747. The second-order valence-electron chi connectivity index (χ2n) is 7.02. The predicted molar refractivity (Wildman–Crippen MR) is 63.1 cm³/mol. The third-order valence-electron chi connectivity index (χ3n) is 5.24. The molecule has 4 aliphatic rings. The Kier molecular flexibility index (Phi) is 2.31. The Balaban J connectivity index is 1.81. The number of rotatable bonds is 3. The summed E-state index contributed by atoms with van der Waals surface area (Å²) in [5.74, 6) is 1.25. The predicted octanol–water partition coefficient (Wildman–Crippen LogP) is 2.37. The second kappa shape index (κ2) is 3.44. The van der Waals surface area contributed by atoms with Gasteiger partial charge in [0.05, 0.1) is 5.60 Å². The van der Waals surface area contributed by atoms with Crippen LogP contribution in [-0.4, -0.2) is 21.7 Å². The zero-order valence-corrected chi connectivity index (χ0v) is 10.4. The molecular formula is C13H21NO3. The maximum atomic E-state index is 10.8. The lowest BCUT2D eigenvalue weighted by Gasteiger charge is -2.60. The zero-order chi connectivity index (χ0) is 12.3. The Morgan fingerprint density at radius 2 is 1.94 bits per heavy atom. The molecule has 4 heteroatoms. The largest absolute Gasteiger partial charge is 0.390 e. The average molecular weight is 239 g/mol. The molecule has 0 aromatic carbocycles. The molecule has 4 nitrogen and oxygen atoms in total. The first-order valence-corrected chi connectivity index (χ1v) is 6.76. The van der Waals surface area contributed by atoms with Crippen molar-refractivity contribution in [1.82, 2.24) is 0 Å². The van der Waals surface area contributed by atoms with Gasteiger partial charge in [0.2, 0.25) is 6.04 Å². The summed E-state index contributed by atoms with van der Waals surface area (Å²) in [4.78, 5) is 10.7. The first kappa shape index (κ1) is 11.5. The lowest BCUT2D eigenvalue weighted by atomic mass is 9.47. The molecule has 0 aromatic rings.